The van der Waals surface area contributed by atoms with Gasteiger partial charge in [-0.2, -0.15) is 5.26 Å². The summed E-state index contributed by atoms with van der Waals surface area (Å²) >= 11 is 0. The number of rotatable bonds is 7. The zero-order valence-electron chi connectivity index (χ0n) is 31.3. The van der Waals surface area contributed by atoms with Crippen molar-refractivity contribution in [2.24, 2.45) is 0 Å². The SMILES string of the molecule is N#Cc1cccc(-c2ccc(-c3cccc(-c4nc(-c5ccccc5)c5ccccc5n4)c3)c(-c3cccc(-c4nc(-c5ccccc5)c5ccccc5n4)c3)c2)c1. The second-order valence-corrected chi connectivity index (χ2v) is 14.2. The van der Waals surface area contributed by atoms with E-state index in [2.05, 4.69) is 109 Å². The predicted molar refractivity (Wildman–Crippen MR) is 235 cm³/mol. The van der Waals surface area contributed by atoms with Crippen LogP contribution in [0.2, 0.25) is 0 Å². The third-order valence-corrected chi connectivity index (χ3v) is 10.5. The van der Waals surface area contributed by atoms with Crippen LogP contribution in [0.5, 0.6) is 0 Å². The van der Waals surface area contributed by atoms with Crippen LogP contribution in [-0.4, -0.2) is 19.9 Å². The van der Waals surface area contributed by atoms with Crippen molar-refractivity contribution >= 4 is 21.8 Å². The summed E-state index contributed by atoms with van der Waals surface area (Å²) in [6.07, 6.45) is 0. The standard InChI is InChI=1S/C53H33N5/c54-34-35-14-11-19-38(30-35)39-28-29-44(40-20-12-22-42(31-40)52-55-48-26-9-7-24-45(48)50(57-52)36-15-3-1-4-16-36)47(33-39)41-21-13-23-43(32-41)53-56-49-27-10-8-25-46(49)51(58-53)37-17-5-2-6-18-37/h1-33H. The molecular formula is C53H33N5. The van der Waals surface area contributed by atoms with Gasteiger partial charge in [0.05, 0.1) is 34.1 Å². The maximum atomic E-state index is 9.72. The molecule has 8 aromatic carbocycles. The maximum Gasteiger partial charge on any atom is 0.160 e. The molecule has 5 nitrogen and oxygen atoms in total. The summed E-state index contributed by atoms with van der Waals surface area (Å²) in [5.41, 5.74) is 14.2. The second kappa shape index (κ2) is 14.9. The van der Waals surface area contributed by atoms with Crippen LogP contribution in [0.1, 0.15) is 5.56 Å². The van der Waals surface area contributed by atoms with Crippen molar-refractivity contribution in [2.45, 2.75) is 0 Å². The van der Waals surface area contributed by atoms with Crippen LogP contribution in [-0.2, 0) is 0 Å². The van der Waals surface area contributed by atoms with Crippen LogP contribution < -0.4 is 0 Å². The van der Waals surface area contributed by atoms with E-state index in [1.165, 1.54) is 0 Å². The van der Waals surface area contributed by atoms with Crippen molar-refractivity contribution in [3.63, 3.8) is 0 Å². The molecule has 0 spiro atoms. The molecule has 5 heteroatoms. The number of fused-ring (bicyclic) bond motifs is 2. The van der Waals surface area contributed by atoms with E-state index >= 15 is 0 Å². The van der Waals surface area contributed by atoms with Gasteiger partial charge < -0.3 is 0 Å². The topological polar surface area (TPSA) is 75.3 Å². The van der Waals surface area contributed by atoms with Gasteiger partial charge >= 0.3 is 0 Å². The smallest absolute Gasteiger partial charge is 0.160 e. The summed E-state index contributed by atoms with van der Waals surface area (Å²) in [6.45, 7) is 0. The summed E-state index contributed by atoms with van der Waals surface area (Å²) < 4.78 is 0. The first kappa shape index (κ1) is 34.4. The Morgan fingerprint density at radius 2 is 0.759 bits per heavy atom. The molecule has 2 aromatic heterocycles. The molecule has 0 saturated heterocycles. The molecule has 0 fully saturated rings. The second-order valence-electron chi connectivity index (χ2n) is 14.2. The minimum absolute atomic E-state index is 0.616. The highest BCUT2D eigenvalue weighted by molar-refractivity contribution is 5.96. The normalized spacial score (nSPS) is 11.1. The first-order chi connectivity index (χ1) is 28.7. The van der Waals surface area contributed by atoms with Gasteiger partial charge in [-0.3, -0.25) is 0 Å². The van der Waals surface area contributed by atoms with Gasteiger partial charge in [0.15, 0.2) is 11.6 Å². The lowest BCUT2D eigenvalue weighted by Gasteiger charge is -2.16. The Labute approximate surface area is 336 Å². The summed E-state index contributed by atoms with van der Waals surface area (Å²) in [4.78, 5) is 20.5. The molecule has 0 radical (unpaired) electrons. The van der Waals surface area contributed by atoms with Gasteiger partial charge in [-0.15, -0.1) is 0 Å². The van der Waals surface area contributed by atoms with E-state index in [-0.39, 0.29) is 0 Å². The molecule has 0 aliphatic carbocycles. The van der Waals surface area contributed by atoms with Crippen molar-refractivity contribution in [3.05, 3.63) is 206 Å². The number of hydrogen-bond donors (Lipinski definition) is 0. The molecule has 0 unspecified atom stereocenters. The van der Waals surface area contributed by atoms with Gasteiger partial charge in [0.25, 0.3) is 0 Å². The molecule has 270 valence electrons. The van der Waals surface area contributed by atoms with E-state index in [9.17, 15) is 5.26 Å². The fourth-order valence-corrected chi connectivity index (χ4v) is 7.68. The minimum Gasteiger partial charge on any atom is -0.228 e. The monoisotopic (exact) mass is 739 g/mol. The third kappa shape index (κ3) is 6.55. The van der Waals surface area contributed by atoms with Gasteiger partial charge in [-0.1, -0.05) is 158 Å². The predicted octanol–water partition coefficient (Wildman–Crippen LogP) is 13.1. The van der Waals surface area contributed by atoms with E-state index in [4.69, 9.17) is 19.9 Å². The Balaban J connectivity index is 1.13. The van der Waals surface area contributed by atoms with E-state index in [1.807, 2.05) is 97.1 Å². The number of nitrogens with zero attached hydrogens (tertiary/aromatic N) is 5. The Morgan fingerprint density at radius 3 is 1.33 bits per heavy atom. The van der Waals surface area contributed by atoms with Crippen molar-refractivity contribution in [1.29, 1.82) is 5.26 Å². The Kier molecular flexibility index (Phi) is 8.83. The minimum atomic E-state index is 0.616. The van der Waals surface area contributed by atoms with Crippen LogP contribution in [0.4, 0.5) is 0 Å². The van der Waals surface area contributed by atoms with E-state index < -0.39 is 0 Å². The molecule has 0 N–H and O–H groups in total. The first-order valence-corrected chi connectivity index (χ1v) is 19.2. The Bertz CT molecular complexity index is 3190. The molecule has 0 aliphatic heterocycles. The highest BCUT2D eigenvalue weighted by Gasteiger charge is 2.17. The van der Waals surface area contributed by atoms with E-state index in [1.54, 1.807) is 0 Å². The van der Waals surface area contributed by atoms with Crippen molar-refractivity contribution < 1.29 is 0 Å². The van der Waals surface area contributed by atoms with Gasteiger partial charge in [-0.05, 0) is 75.8 Å². The molecule has 58 heavy (non-hydrogen) atoms. The van der Waals surface area contributed by atoms with Crippen molar-refractivity contribution in [1.82, 2.24) is 19.9 Å². The van der Waals surface area contributed by atoms with Crippen LogP contribution >= 0.6 is 0 Å². The van der Waals surface area contributed by atoms with Crippen molar-refractivity contribution in [3.8, 4) is 84.7 Å². The first-order valence-electron chi connectivity index (χ1n) is 19.2. The summed E-state index contributed by atoms with van der Waals surface area (Å²) in [7, 11) is 0. The Morgan fingerprint density at radius 1 is 0.310 bits per heavy atom. The molecule has 0 saturated carbocycles. The quantitative estimate of drug-likeness (QED) is 0.163. The number of nitriles is 1. The van der Waals surface area contributed by atoms with Crippen molar-refractivity contribution in [2.75, 3.05) is 0 Å². The number of para-hydroxylation sites is 2. The maximum absolute atomic E-state index is 9.72. The van der Waals surface area contributed by atoms with Crippen LogP contribution in [0.15, 0.2) is 200 Å². The highest BCUT2D eigenvalue weighted by Crippen LogP contribution is 2.39. The molecule has 2 heterocycles. The van der Waals surface area contributed by atoms with Crippen LogP contribution in [0, 0.1) is 11.3 Å². The number of benzene rings is 8. The molecule has 0 bridgehead atoms. The molecule has 0 amide bonds. The average molecular weight is 740 g/mol. The lowest BCUT2D eigenvalue weighted by Crippen LogP contribution is -1.96. The van der Waals surface area contributed by atoms with Gasteiger partial charge in [0, 0.05) is 33.0 Å². The zero-order chi connectivity index (χ0) is 38.8. The summed E-state index contributed by atoms with van der Waals surface area (Å²) in [6, 6.07) is 70.4. The Hall–Kier alpha value is -8.07. The fourth-order valence-electron chi connectivity index (χ4n) is 7.68. The van der Waals surface area contributed by atoms with Gasteiger partial charge in [0.1, 0.15) is 0 Å². The highest BCUT2D eigenvalue weighted by atomic mass is 14.9. The summed E-state index contributed by atoms with van der Waals surface area (Å²) in [5, 5.41) is 11.7. The molecule has 0 aliphatic rings. The molecule has 0 atom stereocenters. The number of hydrogen-bond acceptors (Lipinski definition) is 5. The average Bonchev–Trinajstić information content (AvgIpc) is 3.31. The lowest BCUT2D eigenvalue weighted by molar-refractivity contribution is 1.23. The molecular weight excluding hydrogens is 707 g/mol. The van der Waals surface area contributed by atoms with Crippen LogP contribution in [0.3, 0.4) is 0 Å². The number of aromatic nitrogens is 4. The van der Waals surface area contributed by atoms with Crippen LogP contribution in [0.25, 0.3) is 100 Å². The van der Waals surface area contributed by atoms with Gasteiger partial charge in [-0.25, -0.2) is 19.9 Å². The largest absolute Gasteiger partial charge is 0.228 e. The zero-order valence-corrected chi connectivity index (χ0v) is 31.3. The van der Waals surface area contributed by atoms with Gasteiger partial charge in [0.2, 0.25) is 0 Å². The molecule has 10 rings (SSSR count). The lowest BCUT2D eigenvalue weighted by atomic mass is 9.89. The third-order valence-electron chi connectivity index (χ3n) is 10.5. The van der Waals surface area contributed by atoms with E-state index in [0.717, 1.165) is 88.8 Å². The van der Waals surface area contributed by atoms with E-state index in [0.29, 0.717) is 17.2 Å². The summed E-state index contributed by atoms with van der Waals surface area (Å²) in [5.74, 6) is 1.32. The fraction of sp³-hybridized carbons (Fsp3) is 0. The molecule has 10 aromatic rings.